The summed E-state index contributed by atoms with van der Waals surface area (Å²) in [4.78, 5) is 12.7. The molecule has 0 bridgehead atoms. The van der Waals surface area contributed by atoms with Gasteiger partial charge in [-0.2, -0.15) is 0 Å². The molecule has 2 N–H and O–H groups in total. The molecule has 1 rings (SSSR count). The van der Waals surface area contributed by atoms with Gasteiger partial charge in [-0.1, -0.05) is 0 Å². The van der Waals surface area contributed by atoms with Crippen molar-refractivity contribution in [3.8, 4) is 0 Å². The zero-order valence-electron chi connectivity index (χ0n) is 9.82. The predicted octanol–water partition coefficient (Wildman–Crippen LogP) is 1.03. The van der Waals surface area contributed by atoms with E-state index in [4.69, 9.17) is 5.11 Å². The SMILES string of the molecule is CC(C)N1CCCC(O)(C(F)C(=O)O)CC1. The number of rotatable bonds is 3. The number of alkyl halides is 1. The fourth-order valence-corrected chi connectivity index (χ4v) is 2.16. The fourth-order valence-electron chi connectivity index (χ4n) is 2.16. The minimum absolute atomic E-state index is 0.179. The molecule has 1 aliphatic heterocycles. The van der Waals surface area contributed by atoms with Crippen LogP contribution in [0, 0.1) is 0 Å². The van der Waals surface area contributed by atoms with E-state index < -0.39 is 17.7 Å². The standard InChI is InChI=1S/C11H20FNO3/c1-8(2)13-6-3-4-11(16,5-7-13)9(12)10(14)15/h8-9,16H,3-7H2,1-2H3,(H,14,15). The van der Waals surface area contributed by atoms with Gasteiger partial charge in [-0.15, -0.1) is 0 Å². The van der Waals surface area contributed by atoms with E-state index in [2.05, 4.69) is 4.90 Å². The quantitative estimate of drug-likeness (QED) is 0.764. The molecule has 1 saturated heterocycles. The smallest absolute Gasteiger partial charge is 0.341 e. The van der Waals surface area contributed by atoms with Crippen LogP contribution in [0.1, 0.15) is 33.1 Å². The van der Waals surface area contributed by atoms with Gasteiger partial charge >= 0.3 is 5.97 Å². The van der Waals surface area contributed by atoms with Crippen molar-refractivity contribution >= 4 is 5.97 Å². The molecule has 0 aromatic heterocycles. The molecule has 5 heteroatoms. The lowest BCUT2D eigenvalue weighted by Gasteiger charge is -2.28. The first-order valence-electron chi connectivity index (χ1n) is 5.70. The predicted molar refractivity (Wildman–Crippen MR) is 58.0 cm³/mol. The minimum atomic E-state index is -2.18. The van der Waals surface area contributed by atoms with E-state index in [-0.39, 0.29) is 12.8 Å². The molecule has 1 fully saturated rings. The largest absolute Gasteiger partial charge is 0.479 e. The van der Waals surface area contributed by atoms with E-state index in [1.165, 1.54) is 0 Å². The first-order valence-corrected chi connectivity index (χ1v) is 5.70. The Kier molecular flexibility index (Phi) is 4.27. The van der Waals surface area contributed by atoms with Crippen LogP contribution in [0.2, 0.25) is 0 Å². The lowest BCUT2D eigenvalue weighted by Crippen LogP contribution is -2.45. The molecule has 16 heavy (non-hydrogen) atoms. The van der Waals surface area contributed by atoms with Crippen LogP contribution in [0.15, 0.2) is 0 Å². The van der Waals surface area contributed by atoms with Gasteiger partial charge in [-0.3, -0.25) is 0 Å². The third-order valence-electron chi connectivity index (χ3n) is 3.31. The van der Waals surface area contributed by atoms with Crippen molar-refractivity contribution in [1.29, 1.82) is 0 Å². The second-order valence-corrected chi connectivity index (χ2v) is 4.79. The van der Waals surface area contributed by atoms with E-state index in [9.17, 15) is 14.3 Å². The Hall–Kier alpha value is -0.680. The molecule has 0 aromatic carbocycles. The van der Waals surface area contributed by atoms with E-state index in [0.717, 1.165) is 6.54 Å². The summed E-state index contributed by atoms with van der Waals surface area (Å²) in [5.41, 5.74) is -1.70. The summed E-state index contributed by atoms with van der Waals surface area (Å²) in [6.07, 6.45) is -1.16. The lowest BCUT2D eigenvalue weighted by molar-refractivity contribution is -0.155. The van der Waals surface area contributed by atoms with Crippen molar-refractivity contribution in [2.75, 3.05) is 13.1 Å². The Labute approximate surface area is 95.1 Å². The maximum atomic E-state index is 13.4. The molecule has 1 aliphatic rings. The highest BCUT2D eigenvalue weighted by molar-refractivity contribution is 5.73. The third-order valence-corrected chi connectivity index (χ3v) is 3.31. The Bertz CT molecular complexity index is 260. The monoisotopic (exact) mass is 233 g/mol. The number of likely N-dealkylation sites (tertiary alicyclic amines) is 1. The van der Waals surface area contributed by atoms with Crippen LogP contribution in [0.25, 0.3) is 0 Å². The van der Waals surface area contributed by atoms with Gasteiger partial charge in [0, 0.05) is 12.6 Å². The molecular weight excluding hydrogens is 213 g/mol. The van der Waals surface area contributed by atoms with Crippen molar-refractivity contribution in [3.05, 3.63) is 0 Å². The van der Waals surface area contributed by atoms with E-state index in [1.807, 2.05) is 13.8 Å². The molecule has 0 radical (unpaired) electrons. The summed E-state index contributed by atoms with van der Waals surface area (Å²) >= 11 is 0. The first kappa shape index (κ1) is 13.4. The van der Waals surface area contributed by atoms with E-state index >= 15 is 0 Å². The van der Waals surface area contributed by atoms with Crippen LogP contribution >= 0.6 is 0 Å². The molecule has 0 saturated carbocycles. The highest BCUT2D eigenvalue weighted by Gasteiger charge is 2.43. The van der Waals surface area contributed by atoms with Gasteiger partial charge in [0.05, 0.1) is 0 Å². The normalized spacial score (nSPS) is 30.1. The zero-order valence-corrected chi connectivity index (χ0v) is 9.82. The third kappa shape index (κ3) is 2.92. The number of carbonyl (C=O) groups is 1. The number of aliphatic hydroxyl groups is 1. The number of carboxylic acids is 1. The number of halogens is 1. The maximum absolute atomic E-state index is 13.4. The molecule has 0 amide bonds. The highest BCUT2D eigenvalue weighted by Crippen LogP contribution is 2.28. The molecule has 0 aliphatic carbocycles. The molecule has 2 unspecified atom stereocenters. The summed E-state index contributed by atoms with van der Waals surface area (Å²) in [6, 6.07) is 0.338. The lowest BCUT2D eigenvalue weighted by atomic mass is 9.89. The molecule has 0 aromatic rings. The number of hydrogen-bond donors (Lipinski definition) is 2. The summed E-state index contributed by atoms with van der Waals surface area (Å²) in [5.74, 6) is -1.57. The maximum Gasteiger partial charge on any atom is 0.341 e. The van der Waals surface area contributed by atoms with Crippen LogP contribution in [-0.2, 0) is 4.79 Å². The summed E-state index contributed by atoms with van der Waals surface area (Å²) in [6.45, 7) is 5.40. The molecule has 2 atom stereocenters. The summed E-state index contributed by atoms with van der Waals surface area (Å²) < 4.78 is 13.4. The zero-order chi connectivity index (χ0) is 12.3. The van der Waals surface area contributed by atoms with Crippen LogP contribution in [0.4, 0.5) is 4.39 Å². The minimum Gasteiger partial charge on any atom is -0.479 e. The van der Waals surface area contributed by atoms with E-state index in [1.54, 1.807) is 0 Å². The highest BCUT2D eigenvalue weighted by atomic mass is 19.1. The van der Waals surface area contributed by atoms with Crippen molar-refractivity contribution in [2.24, 2.45) is 0 Å². The van der Waals surface area contributed by atoms with Crippen molar-refractivity contribution < 1.29 is 19.4 Å². The van der Waals surface area contributed by atoms with Gasteiger partial charge in [0.2, 0.25) is 6.17 Å². The summed E-state index contributed by atoms with van der Waals surface area (Å²) in [5, 5.41) is 18.6. The van der Waals surface area contributed by atoms with Crippen LogP contribution in [-0.4, -0.2) is 52.0 Å². The number of aliphatic carboxylic acids is 1. The molecular formula is C11H20FNO3. The van der Waals surface area contributed by atoms with Crippen molar-refractivity contribution in [1.82, 2.24) is 4.90 Å². The van der Waals surface area contributed by atoms with E-state index in [0.29, 0.717) is 19.0 Å². The van der Waals surface area contributed by atoms with Crippen LogP contribution < -0.4 is 0 Å². The Morgan fingerprint density at radius 2 is 2.00 bits per heavy atom. The average molecular weight is 233 g/mol. The number of hydrogen-bond acceptors (Lipinski definition) is 3. The second kappa shape index (κ2) is 5.10. The molecule has 4 nitrogen and oxygen atoms in total. The topological polar surface area (TPSA) is 60.8 Å². The van der Waals surface area contributed by atoms with Gasteiger partial charge in [-0.05, 0) is 39.7 Å². The fraction of sp³-hybridized carbons (Fsp3) is 0.909. The van der Waals surface area contributed by atoms with Crippen molar-refractivity contribution in [3.63, 3.8) is 0 Å². The Morgan fingerprint density at radius 1 is 1.38 bits per heavy atom. The first-order chi connectivity index (χ1) is 7.37. The number of carboxylic acid groups (broad SMARTS) is 1. The average Bonchev–Trinajstić information content (AvgIpc) is 2.40. The molecule has 0 spiro atoms. The van der Waals surface area contributed by atoms with Gasteiger partial charge in [-0.25, -0.2) is 9.18 Å². The van der Waals surface area contributed by atoms with Gasteiger partial charge in [0.15, 0.2) is 0 Å². The number of nitrogens with zero attached hydrogens (tertiary/aromatic N) is 1. The van der Waals surface area contributed by atoms with Crippen molar-refractivity contribution in [2.45, 2.75) is 50.9 Å². The second-order valence-electron chi connectivity index (χ2n) is 4.79. The van der Waals surface area contributed by atoms with Gasteiger partial charge in [0.25, 0.3) is 0 Å². The molecule has 94 valence electrons. The Balaban J connectivity index is 2.67. The van der Waals surface area contributed by atoms with Gasteiger partial charge in [0.1, 0.15) is 5.60 Å². The molecule has 1 heterocycles. The Morgan fingerprint density at radius 3 is 2.50 bits per heavy atom. The van der Waals surface area contributed by atoms with Gasteiger partial charge < -0.3 is 15.1 Å². The van der Waals surface area contributed by atoms with Crippen LogP contribution in [0.5, 0.6) is 0 Å². The van der Waals surface area contributed by atoms with Crippen LogP contribution in [0.3, 0.4) is 0 Å². The summed E-state index contributed by atoms with van der Waals surface area (Å²) in [7, 11) is 0.